The van der Waals surface area contributed by atoms with E-state index in [1.54, 1.807) is 37.5 Å². The van der Waals surface area contributed by atoms with Crippen LogP contribution in [0.2, 0.25) is 0 Å². The van der Waals surface area contributed by atoms with E-state index in [0.717, 1.165) is 53.0 Å². The highest BCUT2D eigenvalue weighted by Gasteiger charge is 2.34. The van der Waals surface area contributed by atoms with Crippen molar-refractivity contribution >= 4 is 28.6 Å². The summed E-state index contributed by atoms with van der Waals surface area (Å²) in [6.45, 7) is 2.34. The minimum atomic E-state index is -0.745. The first-order valence-corrected chi connectivity index (χ1v) is 13.0. The van der Waals surface area contributed by atoms with Gasteiger partial charge in [0.2, 0.25) is 0 Å². The van der Waals surface area contributed by atoms with E-state index in [4.69, 9.17) is 4.74 Å². The summed E-state index contributed by atoms with van der Waals surface area (Å²) in [4.78, 5) is 19.8. The molecule has 3 atom stereocenters. The molecule has 0 radical (unpaired) electrons. The molecule has 186 valence electrons. The summed E-state index contributed by atoms with van der Waals surface area (Å²) in [5.74, 6) is 0.569. The van der Waals surface area contributed by atoms with Gasteiger partial charge in [0, 0.05) is 23.0 Å². The van der Waals surface area contributed by atoms with Crippen LogP contribution in [-0.2, 0) is 4.79 Å². The monoisotopic (exact) mass is 496 g/mol. The van der Waals surface area contributed by atoms with Crippen molar-refractivity contribution in [3.8, 4) is 5.75 Å². The Labute approximate surface area is 209 Å². The van der Waals surface area contributed by atoms with Crippen LogP contribution in [-0.4, -0.2) is 68.8 Å². The lowest BCUT2D eigenvalue weighted by atomic mass is 9.81. The van der Waals surface area contributed by atoms with Crippen LogP contribution < -0.4 is 4.74 Å². The number of methoxy groups -OCH3 is 1. The van der Waals surface area contributed by atoms with Crippen molar-refractivity contribution in [1.29, 1.82) is 0 Å². The predicted octanol–water partition coefficient (Wildman–Crippen LogP) is 4.05. The summed E-state index contributed by atoms with van der Waals surface area (Å²) in [6, 6.07) is 9.41. The van der Waals surface area contributed by atoms with Crippen molar-refractivity contribution in [3.05, 3.63) is 54.5 Å². The van der Waals surface area contributed by atoms with E-state index in [-0.39, 0.29) is 5.92 Å². The van der Waals surface area contributed by atoms with Crippen LogP contribution in [0.4, 0.5) is 0 Å². The van der Waals surface area contributed by atoms with Gasteiger partial charge in [0.1, 0.15) is 5.75 Å². The zero-order chi connectivity index (χ0) is 24.6. The van der Waals surface area contributed by atoms with Gasteiger partial charge in [-0.1, -0.05) is 0 Å². The fourth-order valence-electron chi connectivity index (χ4n) is 4.83. The van der Waals surface area contributed by atoms with Crippen LogP contribution in [0.1, 0.15) is 37.4 Å². The lowest BCUT2D eigenvalue weighted by molar-refractivity contribution is -0.146. The number of thioether (sulfide) groups is 1. The number of pyridine rings is 1. The van der Waals surface area contributed by atoms with Crippen molar-refractivity contribution in [2.24, 2.45) is 11.8 Å². The Morgan fingerprint density at radius 1 is 1.26 bits per heavy atom. The summed E-state index contributed by atoms with van der Waals surface area (Å²) in [5, 5.41) is 29.4. The van der Waals surface area contributed by atoms with Crippen LogP contribution in [0.15, 0.2) is 53.8 Å². The summed E-state index contributed by atoms with van der Waals surface area (Å²) >= 11 is 1.74. The maximum absolute atomic E-state index is 12.1. The SMILES string of the molecule is COc1ccc2nccc(C(O)CC[C@@H]3CCN(CCCSc4ccnnc4)C[C@@H]3C(=O)O)c2c1. The van der Waals surface area contributed by atoms with Crippen molar-refractivity contribution in [1.82, 2.24) is 20.1 Å². The molecule has 1 unspecified atom stereocenters. The van der Waals surface area contributed by atoms with Crippen LogP contribution in [0.5, 0.6) is 5.75 Å². The van der Waals surface area contributed by atoms with Gasteiger partial charge in [-0.3, -0.25) is 9.78 Å². The average molecular weight is 497 g/mol. The predicted molar refractivity (Wildman–Crippen MR) is 136 cm³/mol. The van der Waals surface area contributed by atoms with Gasteiger partial charge in [-0.25, -0.2) is 0 Å². The molecular weight excluding hydrogens is 464 g/mol. The topological polar surface area (TPSA) is 109 Å². The summed E-state index contributed by atoms with van der Waals surface area (Å²) in [7, 11) is 1.61. The lowest BCUT2D eigenvalue weighted by Crippen LogP contribution is -2.44. The number of likely N-dealkylation sites (tertiary alicyclic amines) is 1. The Hall–Kier alpha value is -2.75. The second-order valence-electron chi connectivity index (χ2n) is 8.95. The number of carboxylic acids is 1. The fourth-order valence-corrected chi connectivity index (χ4v) is 5.62. The zero-order valence-corrected chi connectivity index (χ0v) is 20.7. The second kappa shape index (κ2) is 12.3. The smallest absolute Gasteiger partial charge is 0.308 e. The lowest BCUT2D eigenvalue weighted by Gasteiger charge is -2.37. The molecule has 1 saturated heterocycles. The third kappa shape index (κ3) is 6.68. The number of aliphatic hydroxyl groups is 1. The molecule has 3 heterocycles. The normalized spacial score (nSPS) is 19.5. The average Bonchev–Trinajstić information content (AvgIpc) is 2.89. The Morgan fingerprint density at radius 2 is 2.14 bits per heavy atom. The molecule has 35 heavy (non-hydrogen) atoms. The number of carboxylic acid groups (broad SMARTS) is 1. The number of rotatable bonds is 11. The van der Waals surface area contributed by atoms with Crippen molar-refractivity contribution in [3.63, 3.8) is 0 Å². The molecule has 0 amide bonds. The molecule has 3 aromatic rings. The number of piperidine rings is 1. The maximum atomic E-state index is 12.1. The van der Waals surface area contributed by atoms with Crippen LogP contribution in [0.3, 0.4) is 0 Å². The molecule has 0 bridgehead atoms. The standard InChI is InChI=1S/C26H32N4O4S/c1-34-19-4-5-24-22(15-19)21(8-10-27-24)25(31)6-3-18-9-13-30(17-23(18)26(32)33)12-2-14-35-20-7-11-28-29-16-20/h4-5,7-8,10-11,15-16,18,23,25,31H,2-3,6,9,12-14,17H2,1H3,(H,32,33)/t18-,23+,25?/m1/s1. The first-order valence-electron chi connectivity index (χ1n) is 12.0. The quantitative estimate of drug-likeness (QED) is 0.300. The first-order chi connectivity index (χ1) is 17.0. The van der Waals surface area contributed by atoms with Crippen molar-refractivity contribution in [2.45, 2.75) is 36.7 Å². The van der Waals surface area contributed by atoms with Crippen molar-refractivity contribution < 1.29 is 19.7 Å². The van der Waals surface area contributed by atoms with Gasteiger partial charge in [0.25, 0.3) is 0 Å². The van der Waals surface area contributed by atoms with Gasteiger partial charge in [-0.2, -0.15) is 10.2 Å². The Bertz CT molecular complexity index is 1120. The van der Waals surface area contributed by atoms with E-state index in [0.29, 0.717) is 25.1 Å². The van der Waals surface area contributed by atoms with Gasteiger partial charge >= 0.3 is 5.97 Å². The molecular formula is C26H32N4O4S. The Kier molecular flexibility index (Phi) is 8.90. The minimum absolute atomic E-state index is 0.0540. The number of aliphatic hydroxyl groups excluding tert-OH is 1. The number of fused-ring (bicyclic) bond motifs is 1. The molecule has 1 fully saturated rings. The molecule has 9 heteroatoms. The molecule has 1 aliphatic rings. The third-order valence-electron chi connectivity index (χ3n) is 6.75. The van der Waals surface area contributed by atoms with Gasteiger partial charge < -0.3 is 19.8 Å². The summed E-state index contributed by atoms with van der Waals surface area (Å²) in [6.07, 6.45) is 7.48. The van der Waals surface area contributed by atoms with Crippen LogP contribution >= 0.6 is 11.8 Å². The number of hydrogen-bond donors (Lipinski definition) is 2. The molecule has 1 aromatic carbocycles. The number of aromatic nitrogens is 3. The highest BCUT2D eigenvalue weighted by atomic mass is 32.2. The molecule has 0 spiro atoms. The largest absolute Gasteiger partial charge is 0.497 e. The number of benzene rings is 1. The minimum Gasteiger partial charge on any atom is -0.497 e. The number of ether oxygens (including phenoxy) is 1. The molecule has 1 aliphatic heterocycles. The molecule has 2 aromatic heterocycles. The van der Waals surface area contributed by atoms with Crippen LogP contribution in [0, 0.1) is 11.8 Å². The number of nitrogens with zero attached hydrogens (tertiary/aromatic N) is 4. The van der Waals surface area contributed by atoms with Crippen molar-refractivity contribution in [2.75, 3.05) is 32.5 Å². The maximum Gasteiger partial charge on any atom is 0.308 e. The van der Waals surface area contributed by atoms with E-state index >= 15 is 0 Å². The summed E-state index contributed by atoms with van der Waals surface area (Å²) < 4.78 is 5.33. The van der Waals surface area contributed by atoms with Gasteiger partial charge in [0.05, 0.1) is 37.0 Å². The van der Waals surface area contributed by atoms with Crippen LogP contribution in [0.25, 0.3) is 10.9 Å². The van der Waals surface area contributed by atoms with E-state index < -0.39 is 18.0 Å². The molecule has 4 rings (SSSR count). The van der Waals surface area contributed by atoms with E-state index in [9.17, 15) is 15.0 Å². The Balaban J connectivity index is 1.30. The van der Waals surface area contributed by atoms with Gasteiger partial charge in [-0.15, -0.1) is 11.8 Å². The summed E-state index contributed by atoms with van der Waals surface area (Å²) in [5.41, 5.74) is 1.61. The molecule has 8 nitrogen and oxygen atoms in total. The molecule has 0 aliphatic carbocycles. The molecule has 2 N–H and O–H groups in total. The fraction of sp³-hybridized carbons (Fsp3) is 0.462. The van der Waals surface area contributed by atoms with Gasteiger partial charge in [0.15, 0.2) is 0 Å². The van der Waals surface area contributed by atoms with E-state index in [2.05, 4.69) is 20.1 Å². The number of carbonyl (C=O) groups is 1. The highest BCUT2D eigenvalue weighted by Crippen LogP contribution is 2.34. The highest BCUT2D eigenvalue weighted by molar-refractivity contribution is 7.99. The zero-order valence-electron chi connectivity index (χ0n) is 19.9. The van der Waals surface area contributed by atoms with E-state index in [1.807, 2.05) is 30.3 Å². The Morgan fingerprint density at radius 3 is 2.91 bits per heavy atom. The first kappa shape index (κ1) is 25.3. The third-order valence-corrected chi connectivity index (χ3v) is 7.82. The second-order valence-corrected chi connectivity index (χ2v) is 10.1. The van der Waals surface area contributed by atoms with Gasteiger partial charge in [-0.05, 0) is 86.3 Å². The van der Waals surface area contributed by atoms with E-state index in [1.165, 1.54) is 0 Å². The molecule has 0 saturated carbocycles. The number of hydrogen-bond acceptors (Lipinski definition) is 8. The number of aliphatic carboxylic acids is 1.